The summed E-state index contributed by atoms with van der Waals surface area (Å²) < 4.78 is 18.9. The van der Waals surface area contributed by atoms with E-state index in [-0.39, 0.29) is 30.7 Å². The predicted molar refractivity (Wildman–Crippen MR) is 114 cm³/mol. The second-order valence-corrected chi connectivity index (χ2v) is 10.3. The Kier molecular flexibility index (Phi) is 11.8. The molecule has 1 aliphatic heterocycles. The van der Waals surface area contributed by atoms with Gasteiger partial charge in [0.25, 0.3) is 0 Å². The van der Waals surface area contributed by atoms with Crippen molar-refractivity contribution in [2.75, 3.05) is 5.75 Å². The zero-order valence-corrected chi connectivity index (χ0v) is 19.3. The molecule has 0 N–H and O–H groups in total. The lowest BCUT2D eigenvalue weighted by molar-refractivity contribution is -0.288. The molecule has 1 rings (SSSR count). The number of rotatable bonds is 12. The lowest BCUT2D eigenvalue weighted by Gasteiger charge is -2.46. The molecule has 0 saturated carbocycles. The maximum atomic E-state index is 6.40. The normalized spacial score (nSPS) is 29.9. The smallest absolute Gasteiger partial charge is 0.161 e. The maximum Gasteiger partial charge on any atom is 0.161 e. The molecule has 0 spiro atoms. The molecule has 3 nitrogen and oxygen atoms in total. The molecule has 0 aromatic heterocycles. The zero-order valence-electron chi connectivity index (χ0n) is 18.5. The molecule has 26 heavy (non-hydrogen) atoms. The van der Waals surface area contributed by atoms with Crippen molar-refractivity contribution in [2.45, 2.75) is 123 Å². The van der Waals surface area contributed by atoms with Gasteiger partial charge in [0.1, 0.15) is 0 Å². The molecule has 0 aromatic carbocycles. The van der Waals surface area contributed by atoms with Crippen LogP contribution in [0.2, 0.25) is 0 Å². The first kappa shape index (κ1) is 24.3. The van der Waals surface area contributed by atoms with E-state index in [2.05, 4.69) is 67.2 Å². The minimum Gasteiger partial charge on any atom is -0.373 e. The van der Waals surface area contributed by atoms with Crippen LogP contribution >= 0.6 is 11.8 Å². The van der Waals surface area contributed by atoms with Crippen LogP contribution in [0.3, 0.4) is 0 Å². The van der Waals surface area contributed by atoms with Crippen LogP contribution in [0, 0.1) is 11.8 Å². The second kappa shape index (κ2) is 12.6. The minimum absolute atomic E-state index is 0.0907. The third-order valence-electron chi connectivity index (χ3n) is 5.09. The Morgan fingerprint density at radius 2 is 1.58 bits per heavy atom. The molecule has 0 bridgehead atoms. The number of ether oxygens (including phenoxy) is 3. The van der Waals surface area contributed by atoms with Crippen molar-refractivity contribution >= 4 is 11.8 Å². The molecular weight excluding hydrogens is 344 g/mol. The Labute approximate surface area is 167 Å². The van der Waals surface area contributed by atoms with E-state index < -0.39 is 0 Å². The highest BCUT2D eigenvalue weighted by Crippen LogP contribution is 2.38. The average molecular weight is 389 g/mol. The monoisotopic (exact) mass is 388 g/mol. The number of hydrogen-bond acceptors (Lipinski definition) is 4. The molecule has 4 heteroatoms. The standard InChI is InChI=1S/C22H44O3S/c1-9-20-21(23-15(2)3)18(8)19(22(25-20)24-16(4)5)13-11-10-12-14-26-17(6)7/h15-22H,9-14H2,1-8H3/t18-,19?,20?,21+,22+/m1/s1. The van der Waals surface area contributed by atoms with Gasteiger partial charge in [-0.3, -0.25) is 0 Å². The third kappa shape index (κ3) is 8.50. The number of thioether (sulfide) groups is 1. The van der Waals surface area contributed by atoms with Crippen LogP contribution in [0.15, 0.2) is 0 Å². The van der Waals surface area contributed by atoms with E-state index in [0.29, 0.717) is 11.8 Å². The minimum atomic E-state index is -0.0907. The van der Waals surface area contributed by atoms with E-state index >= 15 is 0 Å². The molecule has 5 atom stereocenters. The van der Waals surface area contributed by atoms with Crippen molar-refractivity contribution < 1.29 is 14.2 Å². The topological polar surface area (TPSA) is 27.7 Å². The van der Waals surface area contributed by atoms with Crippen molar-refractivity contribution in [3.05, 3.63) is 0 Å². The molecule has 2 unspecified atom stereocenters. The molecule has 156 valence electrons. The predicted octanol–water partition coefficient (Wildman–Crippen LogP) is 6.29. The number of hydrogen-bond donors (Lipinski definition) is 0. The summed E-state index contributed by atoms with van der Waals surface area (Å²) in [7, 11) is 0. The first-order valence-corrected chi connectivity index (χ1v) is 11.9. The summed E-state index contributed by atoms with van der Waals surface area (Å²) in [6.45, 7) is 17.5. The van der Waals surface area contributed by atoms with Crippen LogP contribution in [0.4, 0.5) is 0 Å². The molecule has 1 heterocycles. The van der Waals surface area contributed by atoms with E-state index in [1.165, 1.54) is 31.4 Å². The summed E-state index contributed by atoms with van der Waals surface area (Å²) in [5.41, 5.74) is 0. The van der Waals surface area contributed by atoms with Gasteiger partial charge in [-0.05, 0) is 63.9 Å². The van der Waals surface area contributed by atoms with Crippen molar-refractivity contribution in [3.63, 3.8) is 0 Å². The van der Waals surface area contributed by atoms with Gasteiger partial charge < -0.3 is 14.2 Å². The SMILES string of the molecule is CCC1O[C@H](OC(C)C)C(CCCCCSC(C)C)[C@@H](C)[C@@H]1OC(C)C. The molecular formula is C22H44O3S. The van der Waals surface area contributed by atoms with E-state index in [1.54, 1.807) is 0 Å². The highest BCUT2D eigenvalue weighted by molar-refractivity contribution is 7.99. The Balaban J connectivity index is 2.65. The Hall–Kier alpha value is 0.230. The Bertz CT molecular complexity index is 359. The second-order valence-electron chi connectivity index (χ2n) is 8.58. The van der Waals surface area contributed by atoms with E-state index in [9.17, 15) is 0 Å². The fraction of sp³-hybridized carbons (Fsp3) is 1.00. The fourth-order valence-electron chi connectivity index (χ4n) is 3.81. The fourth-order valence-corrected chi connectivity index (χ4v) is 4.66. The quantitative estimate of drug-likeness (QED) is 0.367. The lowest BCUT2D eigenvalue weighted by atomic mass is 9.79. The van der Waals surface area contributed by atoms with Gasteiger partial charge in [0.15, 0.2) is 6.29 Å². The van der Waals surface area contributed by atoms with Gasteiger partial charge >= 0.3 is 0 Å². The molecule has 0 radical (unpaired) electrons. The molecule has 0 amide bonds. The molecule has 0 aromatic rings. The molecule has 1 fully saturated rings. The summed E-state index contributed by atoms with van der Waals surface area (Å²) in [5.74, 6) is 2.16. The average Bonchev–Trinajstić information content (AvgIpc) is 2.54. The van der Waals surface area contributed by atoms with Gasteiger partial charge in [-0.15, -0.1) is 0 Å². The summed E-state index contributed by atoms with van der Waals surface area (Å²) in [6, 6.07) is 0. The summed E-state index contributed by atoms with van der Waals surface area (Å²) in [6.07, 6.45) is 6.64. The van der Waals surface area contributed by atoms with Gasteiger partial charge in [-0.25, -0.2) is 0 Å². The first-order valence-electron chi connectivity index (χ1n) is 10.8. The van der Waals surface area contributed by atoms with Gasteiger partial charge in [0.05, 0.1) is 24.4 Å². The van der Waals surface area contributed by atoms with Crippen LogP contribution < -0.4 is 0 Å². The maximum absolute atomic E-state index is 6.40. The summed E-state index contributed by atoms with van der Waals surface area (Å²) in [4.78, 5) is 0. The van der Waals surface area contributed by atoms with Crippen LogP contribution in [-0.2, 0) is 14.2 Å². The van der Waals surface area contributed by atoms with Crippen molar-refractivity contribution in [2.24, 2.45) is 11.8 Å². The largest absolute Gasteiger partial charge is 0.373 e. The Morgan fingerprint density at radius 3 is 2.12 bits per heavy atom. The van der Waals surface area contributed by atoms with Crippen molar-refractivity contribution in [1.82, 2.24) is 0 Å². The summed E-state index contributed by atoms with van der Waals surface area (Å²) >= 11 is 2.07. The highest BCUT2D eigenvalue weighted by atomic mass is 32.2. The van der Waals surface area contributed by atoms with Gasteiger partial charge in [0, 0.05) is 5.92 Å². The van der Waals surface area contributed by atoms with E-state index in [0.717, 1.165) is 11.7 Å². The van der Waals surface area contributed by atoms with Crippen molar-refractivity contribution in [3.8, 4) is 0 Å². The van der Waals surface area contributed by atoms with Crippen LogP contribution in [-0.4, -0.2) is 41.7 Å². The van der Waals surface area contributed by atoms with E-state index in [4.69, 9.17) is 14.2 Å². The Morgan fingerprint density at radius 1 is 0.923 bits per heavy atom. The van der Waals surface area contributed by atoms with Gasteiger partial charge in [-0.2, -0.15) is 11.8 Å². The van der Waals surface area contributed by atoms with Gasteiger partial charge in [-0.1, -0.05) is 40.5 Å². The van der Waals surface area contributed by atoms with Crippen LogP contribution in [0.1, 0.15) is 87.5 Å². The van der Waals surface area contributed by atoms with E-state index in [1.807, 2.05) is 0 Å². The number of unbranched alkanes of at least 4 members (excludes halogenated alkanes) is 2. The molecule has 1 aliphatic rings. The van der Waals surface area contributed by atoms with Crippen LogP contribution in [0.25, 0.3) is 0 Å². The molecule has 0 aliphatic carbocycles. The third-order valence-corrected chi connectivity index (χ3v) is 6.28. The lowest BCUT2D eigenvalue weighted by Crippen LogP contribution is -2.53. The first-order chi connectivity index (χ1) is 12.3. The highest BCUT2D eigenvalue weighted by Gasteiger charge is 2.44. The van der Waals surface area contributed by atoms with Gasteiger partial charge in [0.2, 0.25) is 0 Å². The summed E-state index contributed by atoms with van der Waals surface area (Å²) in [5, 5.41) is 0.741. The van der Waals surface area contributed by atoms with Crippen LogP contribution in [0.5, 0.6) is 0 Å². The molecule has 1 saturated heterocycles. The van der Waals surface area contributed by atoms with Crippen molar-refractivity contribution in [1.29, 1.82) is 0 Å². The zero-order chi connectivity index (χ0) is 19.7.